The molecule has 4 rings (SSSR count). The van der Waals surface area contributed by atoms with Gasteiger partial charge in [0, 0.05) is 42.3 Å². The summed E-state index contributed by atoms with van der Waals surface area (Å²) in [5, 5.41) is 4.25. The maximum atomic E-state index is 12.4. The Morgan fingerprint density at radius 1 is 1.08 bits per heavy atom. The van der Waals surface area contributed by atoms with Gasteiger partial charge in [0.2, 0.25) is 0 Å². The van der Waals surface area contributed by atoms with E-state index in [9.17, 15) is 4.79 Å². The molecule has 4 nitrogen and oxygen atoms in total. The Labute approximate surface area is 147 Å². The molecule has 25 heavy (non-hydrogen) atoms. The summed E-state index contributed by atoms with van der Waals surface area (Å²) in [6.07, 6.45) is 5.11. The molecule has 2 aromatic carbocycles. The summed E-state index contributed by atoms with van der Waals surface area (Å²) in [6, 6.07) is 18.3. The van der Waals surface area contributed by atoms with Crippen LogP contribution < -0.4 is 5.32 Å². The summed E-state index contributed by atoms with van der Waals surface area (Å²) in [7, 11) is 0. The van der Waals surface area contributed by atoms with Gasteiger partial charge >= 0.3 is 6.03 Å². The van der Waals surface area contributed by atoms with Crippen molar-refractivity contribution >= 4 is 22.5 Å². The predicted octanol–water partition coefficient (Wildman–Crippen LogP) is 4.17. The number of rotatable bonds is 3. The molecule has 2 amide bonds. The molecule has 1 aliphatic heterocycles. The molecule has 2 heterocycles. The zero-order chi connectivity index (χ0) is 17.1. The second-order valence-corrected chi connectivity index (χ2v) is 6.32. The van der Waals surface area contributed by atoms with Gasteiger partial charge in [0.1, 0.15) is 0 Å². The van der Waals surface area contributed by atoms with Crippen LogP contribution in [0.1, 0.15) is 17.5 Å². The van der Waals surface area contributed by atoms with Gasteiger partial charge in [0.05, 0.1) is 0 Å². The number of hydrogen-bond donors (Lipinski definition) is 2. The lowest BCUT2D eigenvalue weighted by atomic mass is 9.99. The molecule has 4 heteroatoms. The van der Waals surface area contributed by atoms with Gasteiger partial charge in [0.25, 0.3) is 0 Å². The van der Waals surface area contributed by atoms with Crippen LogP contribution in [0.2, 0.25) is 0 Å². The number of aromatic nitrogens is 1. The number of urea groups is 1. The molecule has 2 N–H and O–H groups in total. The summed E-state index contributed by atoms with van der Waals surface area (Å²) in [6.45, 7) is 1.95. The molecule has 1 aliphatic rings. The lowest BCUT2D eigenvalue weighted by molar-refractivity contribution is 0.202. The molecule has 0 atom stereocenters. The van der Waals surface area contributed by atoms with Crippen molar-refractivity contribution in [3.63, 3.8) is 0 Å². The lowest BCUT2D eigenvalue weighted by Crippen LogP contribution is -2.41. The van der Waals surface area contributed by atoms with Gasteiger partial charge in [-0.15, -0.1) is 0 Å². The van der Waals surface area contributed by atoms with Crippen molar-refractivity contribution < 1.29 is 4.79 Å². The highest BCUT2D eigenvalue weighted by molar-refractivity contribution is 5.93. The summed E-state index contributed by atoms with van der Waals surface area (Å²) in [4.78, 5) is 17.5. The predicted molar refractivity (Wildman–Crippen MR) is 101 cm³/mol. The van der Waals surface area contributed by atoms with E-state index >= 15 is 0 Å². The highest BCUT2D eigenvalue weighted by atomic mass is 16.2. The molecule has 0 unspecified atom stereocenters. The number of hydrogen-bond acceptors (Lipinski definition) is 1. The standard InChI is InChI=1S/C21H21N3O/c25-21(23-14-16-6-2-1-3-7-16)24-12-10-17(11-13-24)19-15-22-20-9-5-4-8-18(19)20/h1-10,15,22H,11-14H2,(H,23,25). The van der Waals surface area contributed by atoms with Crippen molar-refractivity contribution in [3.05, 3.63) is 78.0 Å². The third kappa shape index (κ3) is 3.29. The Kier molecular flexibility index (Phi) is 4.25. The van der Waals surface area contributed by atoms with Gasteiger partial charge in [-0.05, 0) is 23.6 Å². The molecule has 0 radical (unpaired) electrons. The molecule has 0 saturated heterocycles. The molecule has 0 spiro atoms. The summed E-state index contributed by atoms with van der Waals surface area (Å²) < 4.78 is 0. The minimum absolute atomic E-state index is 0.00178. The number of carbonyl (C=O) groups excluding carboxylic acids is 1. The monoisotopic (exact) mass is 331 g/mol. The number of para-hydroxylation sites is 1. The van der Waals surface area contributed by atoms with E-state index in [0.717, 1.165) is 24.0 Å². The Morgan fingerprint density at radius 2 is 1.88 bits per heavy atom. The molecular formula is C21H21N3O. The van der Waals surface area contributed by atoms with Gasteiger partial charge in [-0.1, -0.05) is 54.6 Å². The van der Waals surface area contributed by atoms with E-state index in [0.29, 0.717) is 13.1 Å². The zero-order valence-electron chi connectivity index (χ0n) is 14.0. The summed E-state index contributed by atoms with van der Waals surface area (Å²) >= 11 is 0. The molecule has 0 saturated carbocycles. The first-order chi connectivity index (χ1) is 12.3. The molecule has 0 fully saturated rings. The molecule has 0 bridgehead atoms. The number of aromatic amines is 1. The second kappa shape index (κ2) is 6.85. The van der Waals surface area contributed by atoms with E-state index < -0.39 is 0 Å². The van der Waals surface area contributed by atoms with Gasteiger partial charge < -0.3 is 15.2 Å². The van der Waals surface area contributed by atoms with Gasteiger partial charge in [0.15, 0.2) is 0 Å². The topological polar surface area (TPSA) is 48.1 Å². The second-order valence-electron chi connectivity index (χ2n) is 6.32. The largest absolute Gasteiger partial charge is 0.361 e. The number of carbonyl (C=O) groups is 1. The first-order valence-electron chi connectivity index (χ1n) is 8.63. The van der Waals surface area contributed by atoms with Crippen molar-refractivity contribution in [3.8, 4) is 0 Å². The number of nitrogens with zero attached hydrogens (tertiary/aromatic N) is 1. The highest BCUT2D eigenvalue weighted by Crippen LogP contribution is 2.29. The fourth-order valence-electron chi connectivity index (χ4n) is 3.32. The molecular weight excluding hydrogens is 310 g/mol. The molecule has 1 aromatic heterocycles. The normalized spacial score (nSPS) is 14.4. The molecule has 3 aromatic rings. The van der Waals surface area contributed by atoms with Crippen LogP contribution >= 0.6 is 0 Å². The van der Waals surface area contributed by atoms with E-state index in [2.05, 4.69) is 40.8 Å². The Hall–Kier alpha value is -3.01. The van der Waals surface area contributed by atoms with Crippen molar-refractivity contribution in [1.82, 2.24) is 15.2 Å². The van der Waals surface area contributed by atoms with E-state index in [-0.39, 0.29) is 6.03 Å². The van der Waals surface area contributed by atoms with Crippen molar-refractivity contribution in [2.45, 2.75) is 13.0 Å². The number of amides is 2. The van der Waals surface area contributed by atoms with Crippen molar-refractivity contribution in [1.29, 1.82) is 0 Å². The maximum absolute atomic E-state index is 12.4. The first kappa shape index (κ1) is 15.5. The van der Waals surface area contributed by atoms with Gasteiger partial charge in [-0.3, -0.25) is 0 Å². The lowest BCUT2D eigenvalue weighted by Gasteiger charge is -2.26. The quantitative estimate of drug-likeness (QED) is 0.743. The van der Waals surface area contributed by atoms with Crippen LogP contribution in [0.4, 0.5) is 4.79 Å². The van der Waals surface area contributed by atoms with Crippen molar-refractivity contribution in [2.75, 3.05) is 13.1 Å². The van der Waals surface area contributed by atoms with E-state index in [1.165, 1.54) is 16.5 Å². The number of H-pyrrole nitrogens is 1. The fraction of sp³-hybridized carbons (Fsp3) is 0.190. The van der Waals surface area contributed by atoms with Gasteiger partial charge in [-0.2, -0.15) is 0 Å². The van der Waals surface area contributed by atoms with E-state index in [4.69, 9.17) is 0 Å². The van der Waals surface area contributed by atoms with Crippen LogP contribution in [0, 0.1) is 0 Å². The summed E-state index contributed by atoms with van der Waals surface area (Å²) in [5.41, 5.74) is 4.83. The van der Waals surface area contributed by atoms with Crippen LogP contribution in [0.15, 0.2) is 66.9 Å². The van der Waals surface area contributed by atoms with Gasteiger partial charge in [-0.25, -0.2) is 4.79 Å². The van der Waals surface area contributed by atoms with E-state index in [1.54, 1.807) is 0 Å². The van der Waals surface area contributed by atoms with Crippen LogP contribution in [-0.2, 0) is 6.54 Å². The van der Waals surface area contributed by atoms with E-state index in [1.807, 2.05) is 41.3 Å². The van der Waals surface area contributed by atoms with Crippen molar-refractivity contribution in [2.24, 2.45) is 0 Å². The Balaban J connectivity index is 1.41. The molecule has 0 aliphatic carbocycles. The summed E-state index contributed by atoms with van der Waals surface area (Å²) in [5.74, 6) is 0. The molecule has 126 valence electrons. The first-order valence-corrected chi connectivity index (χ1v) is 8.63. The smallest absolute Gasteiger partial charge is 0.317 e. The van der Waals surface area contributed by atoms with Crippen LogP contribution in [0.25, 0.3) is 16.5 Å². The number of fused-ring (bicyclic) bond motifs is 1. The average molecular weight is 331 g/mol. The third-order valence-electron chi connectivity index (χ3n) is 4.72. The zero-order valence-corrected chi connectivity index (χ0v) is 14.0. The fourth-order valence-corrected chi connectivity index (χ4v) is 3.32. The highest BCUT2D eigenvalue weighted by Gasteiger charge is 2.19. The SMILES string of the molecule is O=C(NCc1ccccc1)N1CC=C(c2c[nH]c3ccccc23)CC1. The number of nitrogens with one attached hydrogen (secondary N) is 2. The average Bonchev–Trinajstić information content (AvgIpc) is 3.11. The number of benzene rings is 2. The van der Waals surface area contributed by atoms with Crippen LogP contribution in [-0.4, -0.2) is 29.0 Å². The third-order valence-corrected chi connectivity index (χ3v) is 4.72. The Morgan fingerprint density at radius 3 is 2.68 bits per heavy atom. The van der Waals surface area contributed by atoms with Crippen LogP contribution in [0.5, 0.6) is 0 Å². The minimum atomic E-state index is -0.00178. The van der Waals surface area contributed by atoms with Crippen LogP contribution in [0.3, 0.4) is 0 Å². The Bertz CT molecular complexity index is 911. The minimum Gasteiger partial charge on any atom is -0.361 e. The maximum Gasteiger partial charge on any atom is 0.317 e.